The second-order valence-corrected chi connectivity index (χ2v) is 5.98. The lowest BCUT2D eigenvalue weighted by atomic mass is 10.1. The zero-order valence-electron chi connectivity index (χ0n) is 11.0. The van der Waals surface area contributed by atoms with Crippen LogP contribution < -0.4 is 5.73 Å². The Hall–Kier alpha value is -1.23. The predicted octanol–water partition coefficient (Wildman–Crippen LogP) is 2.73. The van der Waals surface area contributed by atoms with Crippen molar-refractivity contribution in [3.05, 3.63) is 41.4 Å². The lowest BCUT2D eigenvalue weighted by Gasteiger charge is -2.29. The van der Waals surface area contributed by atoms with Crippen molar-refractivity contribution in [1.29, 1.82) is 0 Å². The van der Waals surface area contributed by atoms with Crippen molar-refractivity contribution in [2.45, 2.75) is 25.4 Å². The molecular weight excluding hydrogens is 254 g/mol. The maximum absolute atomic E-state index is 5.93. The van der Waals surface area contributed by atoms with Crippen LogP contribution >= 0.6 is 11.3 Å². The summed E-state index contributed by atoms with van der Waals surface area (Å²) in [5, 5.41) is 3.29. The molecule has 1 aromatic heterocycles. The van der Waals surface area contributed by atoms with Crippen molar-refractivity contribution in [3.63, 3.8) is 0 Å². The second kappa shape index (κ2) is 5.82. The van der Waals surface area contributed by atoms with Gasteiger partial charge in [-0.25, -0.2) is 4.98 Å². The van der Waals surface area contributed by atoms with Crippen LogP contribution in [0, 0.1) is 0 Å². The minimum Gasteiger partial charge on any atom is -0.328 e. The first kappa shape index (κ1) is 12.8. The number of aromatic nitrogens is 1. The average molecular weight is 273 g/mol. The fraction of sp³-hybridized carbons (Fsp3) is 0.400. The molecule has 1 aliphatic rings. The molecule has 4 heteroatoms. The molecule has 1 aliphatic heterocycles. The molecule has 1 fully saturated rings. The fourth-order valence-electron chi connectivity index (χ4n) is 2.43. The Kier molecular flexibility index (Phi) is 3.92. The molecule has 1 aromatic carbocycles. The molecular formula is C15H19N3S. The Labute approximate surface area is 118 Å². The molecule has 2 aromatic rings. The maximum Gasteiger partial charge on any atom is 0.123 e. The van der Waals surface area contributed by atoms with Gasteiger partial charge in [0.2, 0.25) is 0 Å². The summed E-state index contributed by atoms with van der Waals surface area (Å²) in [5.74, 6) is 0. The van der Waals surface area contributed by atoms with Gasteiger partial charge in [-0.1, -0.05) is 30.3 Å². The quantitative estimate of drug-likeness (QED) is 0.935. The second-order valence-electron chi connectivity index (χ2n) is 5.12. The summed E-state index contributed by atoms with van der Waals surface area (Å²) in [6.45, 7) is 3.15. The summed E-state index contributed by atoms with van der Waals surface area (Å²) in [4.78, 5) is 7.19. The minimum absolute atomic E-state index is 0.395. The molecule has 0 amide bonds. The van der Waals surface area contributed by atoms with Gasteiger partial charge in [-0.3, -0.25) is 4.90 Å². The molecule has 1 saturated heterocycles. The highest BCUT2D eigenvalue weighted by atomic mass is 32.1. The number of rotatable bonds is 3. The molecule has 2 N–H and O–H groups in total. The largest absolute Gasteiger partial charge is 0.328 e. The van der Waals surface area contributed by atoms with Gasteiger partial charge in [0.25, 0.3) is 0 Å². The molecule has 19 heavy (non-hydrogen) atoms. The predicted molar refractivity (Wildman–Crippen MR) is 80.0 cm³/mol. The third-order valence-corrected chi connectivity index (χ3v) is 4.53. The number of nitrogens with zero attached hydrogens (tertiary/aromatic N) is 2. The van der Waals surface area contributed by atoms with E-state index in [1.165, 1.54) is 11.3 Å². The Balaban J connectivity index is 1.65. The smallest absolute Gasteiger partial charge is 0.123 e. The highest BCUT2D eigenvalue weighted by Crippen LogP contribution is 2.24. The lowest BCUT2D eigenvalue weighted by Crippen LogP contribution is -2.39. The molecule has 100 valence electrons. The van der Waals surface area contributed by atoms with E-state index in [4.69, 9.17) is 10.7 Å². The first-order valence-electron chi connectivity index (χ1n) is 6.79. The summed E-state index contributed by atoms with van der Waals surface area (Å²) in [6, 6.07) is 10.8. The van der Waals surface area contributed by atoms with E-state index in [9.17, 15) is 0 Å². The topological polar surface area (TPSA) is 42.1 Å². The lowest BCUT2D eigenvalue weighted by molar-refractivity contribution is 0.204. The van der Waals surface area contributed by atoms with E-state index < -0.39 is 0 Å². The number of thiazole rings is 1. The summed E-state index contributed by atoms with van der Waals surface area (Å²) < 4.78 is 0. The molecule has 0 aliphatic carbocycles. The molecule has 0 radical (unpaired) electrons. The van der Waals surface area contributed by atoms with Gasteiger partial charge in [0, 0.05) is 36.6 Å². The van der Waals surface area contributed by atoms with Crippen LogP contribution in [0.3, 0.4) is 0 Å². The van der Waals surface area contributed by atoms with Gasteiger partial charge in [-0.2, -0.15) is 0 Å². The Morgan fingerprint density at radius 2 is 1.95 bits per heavy atom. The Bertz CT molecular complexity index is 515. The van der Waals surface area contributed by atoms with Crippen LogP contribution in [-0.4, -0.2) is 29.0 Å². The maximum atomic E-state index is 5.93. The van der Waals surface area contributed by atoms with Crippen LogP contribution in [0.15, 0.2) is 35.7 Å². The zero-order valence-corrected chi connectivity index (χ0v) is 11.8. The highest BCUT2D eigenvalue weighted by Gasteiger charge is 2.17. The molecule has 0 atom stereocenters. The van der Waals surface area contributed by atoms with Crippen LogP contribution in [0.2, 0.25) is 0 Å². The third kappa shape index (κ3) is 3.21. The zero-order chi connectivity index (χ0) is 13.1. The summed E-state index contributed by atoms with van der Waals surface area (Å²) in [6.07, 6.45) is 2.21. The van der Waals surface area contributed by atoms with E-state index in [1.807, 2.05) is 6.07 Å². The van der Waals surface area contributed by atoms with Gasteiger partial charge >= 0.3 is 0 Å². The molecule has 2 heterocycles. The number of likely N-dealkylation sites (tertiary alicyclic amines) is 1. The normalized spacial score (nSPS) is 17.7. The van der Waals surface area contributed by atoms with Crippen molar-refractivity contribution < 1.29 is 0 Å². The number of hydrogen-bond acceptors (Lipinski definition) is 4. The molecule has 0 saturated carbocycles. The highest BCUT2D eigenvalue weighted by molar-refractivity contribution is 7.13. The van der Waals surface area contributed by atoms with Gasteiger partial charge < -0.3 is 5.73 Å². The fourth-order valence-corrected chi connectivity index (χ4v) is 3.25. The van der Waals surface area contributed by atoms with E-state index in [-0.39, 0.29) is 0 Å². The number of nitrogens with two attached hydrogens (primary N) is 1. The van der Waals surface area contributed by atoms with Crippen molar-refractivity contribution in [2.75, 3.05) is 13.1 Å². The van der Waals surface area contributed by atoms with Crippen LogP contribution in [0.25, 0.3) is 10.6 Å². The van der Waals surface area contributed by atoms with Gasteiger partial charge in [-0.15, -0.1) is 11.3 Å². The van der Waals surface area contributed by atoms with Gasteiger partial charge in [0.15, 0.2) is 0 Å². The molecule has 0 unspecified atom stereocenters. The van der Waals surface area contributed by atoms with E-state index in [2.05, 4.69) is 34.5 Å². The van der Waals surface area contributed by atoms with Crippen LogP contribution in [0.4, 0.5) is 0 Å². The first-order chi connectivity index (χ1) is 9.31. The minimum atomic E-state index is 0.395. The van der Waals surface area contributed by atoms with Crippen LogP contribution in [0.5, 0.6) is 0 Å². The molecule has 3 rings (SSSR count). The van der Waals surface area contributed by atoms with E-state index in [0.29, 0.717) is 6.04 Å². The van der Waals surface area contributed by atoms with E-state index in [0.717, 1.165) is 37.5 Å². The van der Waals surface area contributed by atoms with Crippen LogP contribution in [-0.2, 0) is 6.54 Å². The van der Waals surface area contributed by atoms with Crippen molar-refractivity contribution in [2.24, 2.45) is 5.73 Å². The van der Waals surface area contributed by atoms with Gasteiger partial charge in [0.1, 0.15) is 5.01 Å². The van der Waals surface area contributed by atoms with E-state index >= 15 is 0 Å². The third-order valence-electron chi connectivity index (χ3n) is 3.59. The number of hydrogen-bond donors (Lipinski definition) is 1. The van der Waals surface area contributed by atoms with Crippen LogP contribution in [0.1, 0.15) is 18.5 Å². The number of benzene rings is 1. The molecule has 0 spiro atoms. The van der Waals surface area contributed by atoms with Crippen molar-refractivity contribution in [1.82, 2.24) is 9.88 Å². The standard InChI is InChI=1S/C15H19N3S/c16-13-6-8-18(9-7-13)10-14-11-19-15(17-14)12-4-2-1-3-5-12/h1-5,11,13H,6-10,16H2. The summed E-state index contributed by atoms with van der Waals surface area (Å²) in [7, 11) is 0. The van der Waals surface area contributed by atoms with E-state index in [1.54, 1.807) is 11.3 Å². The molecule has 3 nitrogen and oxygen atoms in total. The SMILES string of the molecule is NC1CCN(Cc2csc(-c3ccccc3)n2)CC1. The van der Waals surface area contributed by atoms with Crippen molar-refractivity contribution in [3.8, 4) is 10.6 Å². The number of piperidine rings is 1. The monoisotopic (exact) mass is 273 g/mol. The van der Waals surface area contributed by atoms with Gasteiger partial charge in [-0.05, 0) is 12.8 Å². The Morgan fingerprint density at radius 3 is 2.68 bits per heavy atom. The first-order valence-corrected chi connectivity index (χ1v) is 7.67. The Morgan fingerprint density at radius 1 is 1.21 bits per heavy atom. The van der Waals surface area contributed by atoms with Crippen molar-refractivity contribution >= 4 is 11.3 Å². The average Bonchev–Trinajstić information content (AvgIpc) is 2.91. The molecule has 0 bridgehead atoms. The summed E-state index contributed by atoms with van der Waals surface area (Å²) in [5.41, 5.74) is 8.32. The summed E-state index contributed by atoms with van der Waals surface area (Å²) >= 11 is 1.73. The van der Waals surface area contributed by atoms with Gasteiger partial charge in [0.05, 0.1) is 5.69 Å².